The molecule has 0 radical (unpaired) electrons. The predicted octanol–water partition coefficient (Wildman–Crippen LogP) is 3.04. The molecule has 0 bridgehead atoms. The Labute approximate surface area is 212 Å². The Morgan fingerprint density at radius 1 is 0.838 bits per heavy atom. The van der Waals surface area contributed by atoms with E-state index in [2.05, 4.69) is 36.0 Å². The number of aromatic nitrogens is 3. The van der Waals surface area contributed by atoms with Crippen molar-refractivity contribution in [2.24, 2.45) is 10.2 Å². The molecule has 10 nitrogen and oxygen atoms in total. The van der Waals surface area contributed by atoms with Crippen molar-refractivity contribution >= 4 is 46.0 Å². The first-order valence-corrected chi connectivity index (χ1v) is 11.4. The molecule has 1 aliphatic rings. The van der Waals surface area contributed by atoms with E-state index in [1.54, 1.807) is 55.0 Å². The summed E-state index contributed by atoms with van der Waals surface area (Å²) >= 11 is 0. The van der Waals surface area contributed by atoms with Gasteiger partial charge in [-0.15, -0.1) is 0 Å². The van der Waals surface area contributed by atoms with E-state index in [-0.39, 0.29) is 11.4 Å². The van der Waals surface area contributed by atoms with Crippen LogP contribution in [0.15, 0.2) is 95.1 Å². The molecule has 4 aromatic rings. The van der Waals surface area contributed by atoms with Gasteiger partial charge >= 0.3 is 0 Å². The minimum absolute atomic E-state index is 0.174. The van der Waals surface area contributed by atoms with Crippen LogP contribution in [0.3, 0.4) is 0 Å². The largest absolute Gasteiger partial charge is 0.377 e. The molecule has 5 rings (SSSR count). The molecule has 0 fully saturated rings. The van der Waals surface area contributed by atoms with Gasteiger partial charge in [-0.2, -0.15) is 10.2 Å². The predicted molar refractivity (Wildman–Crippen MR) is 142 cm³/mol. The number of hydrazone groups is 2. The van der Waals surface area contributed by atoms with Gasteiger partial charge in [0.25, 0.3) is 11.8 Å². The molecular formula is C27H22N8O2. The molecule has 0 saturated heterocycles. The van der Waals surface area contributed by atoms with E-state index in [1.165, 1.54) is 6.21 Å². The smallest absolute Gasteiger partial charge is 0.289 e. The number of carbonyl (C=O) groups excluding carboxylic acids is 2. The van der Waals surface area contributed by atoms with Crippen LogP contribution in [0.2, 0.25) is 0 Å². The van der Waals surface area contributed by atoms with E-state index in [1.807, 2.05) is 42.4 Å². The van der Waals surface area contributed by atoms with Crippen molar-refractivity contribution in [1.29, 1.82) is 0 Å². The molecule has 0 unspecified atom stereocenters. The molecular weight excluding hydrogens is 468 g/mol. The minimum atomic E-state index is -0.468. The topological polar surface area (TPSA) is 125 Å². The number of hydrogen-bond acceptors (Lipinski definition) is 8. The van der Waals surface area contributed by atoms with Crippen molar-refractivity contribution in [2.75, 3.05) is 13.6 Å². The Morgan fingerprint density at radius 3 is 1.97 bits per heavy atom. The van der Waals surface area contributed by atoms with Crippen molar-refractivity contribution in [1.82, 2.24) is 30.7 Å². The highest BCUT2D eigenvalue weighted by Crippen LogP contribution is 2.23. The van der Waals surface area contributed by atoms with Crippen LogP contribution in [-0.2, 0) is 0 Å². The summed E-state index contributed by atoms with van der Waals surface area (Å²) < 4.78 is 0. The molecule has 10 heteroatoms. The van der Waals surface area contributed by atoms with Crippen LogP contribution >= 0.6 is 0 Å². The second-order valence-electron chi connectivity index (χ2n) is 8.24. The average Bonchev–Trinajstić information content (AvgIpc) is 2.94. The lowest BCUT2D eigenvalue weighted by Gasteiger charge is -2.14. The Morgan fingerprint density at radius 2 is 1.41 bits per heavy atom. The molecule has 2 N–H and O–H groups in total. The van der Waals surface area contributed by atoms with Crippen molar-refractivity contribution < 1.29 is 9.59 Å². The van der Waals surface area contributed by atoms with Crippen molar-refractivity contribution in [3.63, 3.8) is 0 Å². The quantitative estimate of drug-likeness (QED) is 0.243. The summed E-state index contributed by atoms with van der Waals surface area (Å²) in [6.07, 6.45) is 12.2. The van der Waals surface area contributed by atoms with E-state index in [9.17, 15) is 9.59 Å². The molecule has 0 spiro atoms. The summed E-state index contributed by atoms with van der Waals surface area (Å²) in [6.45, 7) is 0.773. The van der Waals surface area contributed by atoms with Gasteiger partial charge in [0.1, 0.15) is 11.4 Å². The van der Waals surface area contributed by atoms with Crippen LogP contribution in [0.25, 0.3) is 21.8 Å². The molecule has 2 amide bonds. The lowest BCUT2D eigenvalue weighted by atomic mass is 10.1. The number of hydrogen-bond donors (Lipinski definition) is 2. The summed E-state index contributed by atoms with van der Waals surface area (Å²) in [5, 5.41) is 9.59. The maximum atomic E-state index is 12.7. The average molecular weight is 491 g/mol. The second-order valence-corrected chi connectivity index (χ2v) is 8.24. The maximum absolute atomic E-state index is 12.7. The molecule has 0 saturated carbocycles. The summed E-state index contributed by atoms with van der Waals surface area (Å²) in [5.74, 6) is -0.920. The number of rotatable bonds is 6. The number of likely N-dealkylation sites (N-methyl/N-ethyl adjacent to an activating group) is 1. The first-order valence-electron chi connectivity index (χ1n) is 11.4. The van der Waals surface area contributed by atoms with Gasteiger partial charge in [-0.25, -0.2) is 20.8 Å². The fraction of sp³-hybridized carbons (Fsp3) is 0.0741. The zero-order valence-electron chi connectivity index (χ0n) is 19.9. The Bertz CT molecular complexity index is 1610. The molecule has 0 atom stereocenters. The third kappa shape index (κ3) is 5.54. The number of amides is 2. The van der Waals surface area contributed by atoms with Crippen LogP contribution < -0.4 is 10.9 Å². The lowest BCUT2D eigenvalue weighted by molar-refractivity contribution is 0.0942. The zero-order chi connectivity index (χ0) is 25.6. The van der Waals surface area contributed by atoms with E-state index in [0.717, 1.165) is 28.5 Å². The third-order valence-corrected chi connectivity index (χ3v) is 5.59. The summed E-state index contributed by atoms with van der Waals surface area (Å²) in [6, 6.07) is 14.1. The zero-order valence-corrected chi connectivity index (χ0v) is 19.9. The highest BCUT2D eigenvalue weighted by Gasteiger charge is 2.13. The van der Waals surface area contributed by atoms with E-state index in [4.69, 9.17) is 0 Å². The van der Waals surface area contributed by atoms with Gasteiger partial charge in [0.05, 0.1) is 23.5 Å². The Hall–Kier alpha value is -5.25. The Balaban J connectivity index is 1.36. The second kappa shape index (κ2) is 10.6. The molecule has 4 heterocycles. The number of pyridine rings is 3. The molecule has 1 aliphatic heterocycles. The number of nitrogens with zero attached hydrogens (tertiary/aromatic N) is 6. The SMILES string of the molecule is CN1C=CC(/C=N/NC(=O)c2ccc3ccc4ccc(C(=O)N/N=C/c5ccncc5)nc4c3n2)=CC1. The van der Waals surface area contributed by atoms with Crippen molar-refractivity contribution in [2.45, 2.75) is 0 Å². The van der Waals surface area contributed by atoms with E-state index in [0.29, 0.717) is 11.0 Å². The van der Waals surface area contributed by atoms with Crippen LogP contribution in [0.5, 0.6) is 0 Å². The summed E-state index contributed by atoms with van der Waals surface area (Å²) in [5.41, 5.74) is 8.05. The van der Waals surface area contributed by atoms with Crippen molar-refractivity contribution in [3.05, 3.63) is 102 Å². The fourth-order valence-electron chi connectivity index (χ4n) is 3.60. The highest BCUT2D eigenvalue weighted by molar-refractivity contribution is 6.06. The summed E-state index contributed by atoms with van der Waals surface area (Å²) in [4.78, 5) is 40.4. The van der Waals surface area contributed by atoms with Gasteiger partial charge < -0.3 is 4.90 Å². The molecule has 1 aromatic carbocycles. The van der Waals surface area contributed by atoms with Gasteiger partial charge in [0.15, 0.2) is 0 Å². The molecule has 0 aliphatic carbocycles. The van der Waals surface area contributed by atoms with Gasteiger partial charge in [-0.1, -0.05) is 30.3 Å². The molecule has 37 heavy (non-hydrogen) atoms. The third-order valence-electron chi connectivity index (χ3n) is 5.59. The highest BCUT2D eigenvalue weighted by atomic mass is 16.2. The number of carbonyl (C=O) groups is 2. The number of fused-ring (bicyclic) bond motifs is 3. The normalized spacial score (nSPS) is 13.4. The van der Waals surface area contributed by atoms with Crippen molar-refractivity contribution in [3.8, 4) is 0 Å². The van der Waals surface area contributed by atoms with Gasteiger partial charge in [0, 0.05) is 36.8 Å². The van der Waals surface area contributed by atoms with Gasteiger partial charge in [-0.05, 0) is 47.7 Å². The first-order chi connectivity index (χ1) is 18.1. The monoisotopic (exact) mass is 490 g/mol. The number of benzene rings is 1. The number of allylic oxidation sites excluding steroid dienone is 2. The fourth-order valence-corrected chi connectivity index (χ4v) is 3.60. The van der Waals surface area contributed by atoms with Crippen LogP contribution in [-0.4, -0.2) is 57.7 Å². The Kier molecular flexibility index (Phi) is 6.71. The van der Waals surface area contributed by atoms with Crippen LogP contribution in [0.4, 0.5) is 0 Å². The summed E-state index contributed by atoms with van der Waals surface area (Å²) in [7, 11) is 1.97. The van der Waals surface area contributed by atoms with Crippen LogP contribution in [0.1, 0.15) is 26.5 Å². The van der Waals surface area contributed by atoms with Gasteiger partial charge in [-0.3, -0.25) is 14.6 Å². The van der Waals surface area contributed by atoms with E-state index >= 15 is 0 Å². The molecule has 3 aromatic heterocycles. The molecule has 182 valence electrons. The van der Waals surface area contributed by atoms with E-state index < -0.39 is 11.8 Å². The van der Waals surface area contributed by atoms with Gasteiger partial charge in [0.2, 0.25) is 0 Å². The first kappa shape index (κ1) is 23.5. The minimum Gasteiger partial charge on any atom is -0.377 e. The van der Waals surface area contributed by atoms with Crippen LogP contribution in [0, 0.1) is 0 Å². The maximum Gasteiger partial charge on any atom is 0.289 e. The standard InChI is InChI=1S/C27H22N8O2/c1-35-14-10-19(11-15-35)17-30-34-27(37)23-7-5-21-3-2-20-4-6-22(31-24(20)25(21)32-23)26(36)33-29-16-18-8-12-28-13-9-18/h2-14,16-17H,15H2,1H3,(H,33,36)(H,34,37)/b29-16+,30-17+. The number of nitrogens with one attached hydrogen (secondary N) is 2. The lowest BCUT2D eigenvalue weighted by Crippen LogP contribution is -2.20.